The summed E-state index contributed by atoms with van der Waals surface area (Å²) in [7, 11) is 0. The lowest BCUT2D eigenvalue weighted by Crippen LogP contribution is -2.30. The van der Waals surface area contributed by atoms with E-state index in [4.69, 9.17) is 10.5 Å². The van der Waals surface area contributed by atoms with Crippen LogP contribution in [0.1, 0.15) is 42.6 Å². The Kier molecular flexibility index (Phi) is 5.58. The van der Waals surface area contributed by atoms with Crippen molar-refractivity contribution in [3.63, 3.8) is 0 Å². The first-order chi connectivity index (χ1) is 11.4. The minimum Gasteiger partial charge on any atom is -0.481 e. The third-order valence-corrected chi connectivity index (χ3v) is 3.67. The molecule has 0 saturated carbocycles. The first-order valence-electron chi connectivity index (χ1n) is 7.84. The molecule has 2 amide bonds. The second-order valence-electron chi connectivity index (χ2n) is 5.91. The molecule has 0 heterocycles. The van der Waals surface area contributed by atoms with Crippen LogP contribution in [-0.2, 0) is 4.79 Å². The molecular weight excluding hydrogens is 304 g/mol. The summed E-state index contributed by atoms with van der Waals surface area (Å²) in [5.74, 6) is 0.318. The van der Waals surface area contributed by atoms with Gasteiger partial charge in [-0.1, -0.05) is 26.0 Å². The zero-order chi connectivity index (χ0) is 17.7. The molecule has 0 aliphatic heterocycles. The number of ether oxygens (including phenoxy) is 1. The van der Waals surface area contributed by atoms with Gasteiger partial charge in [0.15, 0.2) is 6.10 Å². The smallest absolute Gasteiger partial charge is 0.265 e. The molecule has 24 heavy (non-hydrogen) atoms. The summed E-state index contributed by atoms with van der Waals surface area (Å²) in [5.41, 5.74) is 7.37. The Bertz CT molecular complexity index is 706. The van der Waals surface area contributed by atoms with Crippen LogP contribution in [0.5, 0.6) is 5.75 Å². The van der Waals surface area contributed by atoms with Crippen molar-refractivity contribution in [1.29, 1.82) is 0 Å². The van der Waals surface area contributed by atoms with Crippen LogP contribution >= 0.6 is 0 Å². The SMILES string of the molecule is CC(Oc1ccc(C(C)C)cc1)C(=O)Nc1ccc(C(N)=O)cc1. The highest BCUT2D eigenvalue weighted by molar-refractivity contribution is 5.96. The molecule has 0 saturated heterocycles. The van der Waals surface area contributed by atoms with Gasteiger partial charge in [0.1, 0.15) is 5.75 Å². The van der Waals surface area contributed by atoms with Crippen molar-refractivity contribution in [2.24, 2.45) is 5.73 Å². The highest BCUT2D eigenvalue weighted by atomic mass is 16.5. The van der Waals surface area contributed by atoms with Gasteiger partial charge in [-0.05, 0) is 54.8 Å². The number of nitrogens with two attached hydrogens (primary N) is 1. The van der Waals surface area contributed by atoms with E-state index < -0.39 is 12.0 Å². The molecule has 0 aliphatic carbocycles. The number of amides is 2. The molecule has 1 unspecified atom stereocenters. The van der Waals surface area contributed by atoms with Crippen molar-refractivity contribution in [1.82, 2.24) is 0 Å². The van der Waals surface area contributed by atoms with Crippen molar-refractivity contribution in [3.8, 4) is 5.75 Å². The summed E-state index contributed by atoms with van der Waals surface area (Å²) in [4.78, 5) is 23.2. The van der Waals surface area contributed by atoms with E-state index in [2.05, 4.69) is 19.2 Å². The lowest BCUT2D eigenvalue weighted by molar-refractivity contribution is -0.122. The van der Waals surface area contributed by atoms with Gasteiger partial charge in [0.2, 0.25) is 5.91 Å². The van der Waals surface area contributed by atoms with Crippen LogP contribution in [0.3, 0.4) is 0 Å². The van der Waals surface area contributed by atoms with E-state index >= 15 is 0 Å². The first-order valence-corrected chi connectivity index (χ1v) is 7.84. The maximum absolute atomic E-state index is 12.2. The Labute approximate surface area is 141 Å². The van der Waals surface area contributed by atoms with E-state index in [9.17, 15) is 9.59 Å². The van der Waals surface area contributed by atoms with Gasteiger partial charge in [-0.15, -0.1) is 0 Å². The summed E-state index contributed by atoms with van der Waals surface area (Å²) >= 11 is 0. The zero-order valence-corrected chi connectivity index (χ0v) is 14.1. The molecule has 5 nitrogen and oxygen atoms in total. The Hall–Kier alpha value is -2.82. The molecule has 1 atom stereocenters. The third kappa shape index (κ3) is 4.59. The number of benzene rings is 2. The summed E-state index contributed by atoms with van der Waals surface area (Å²) in [6, 6.07) is 14.1. The van der Waals surface area contributed by atoms with Gasteiger partial charge in [-0.3, -0.25) is 9.59 Å². The normalized spacial score (nSPS) is 11.8. The number of hydrogen-bond acceptors (Lipinski definition) is 3. The summed E-state index contributed by atoms with van der Waals surface area (Å²) in [5, 5.41) is 2.74. The molecule has 126 valence electrons. The fraction of sp³-hybridized carbons (Fsp3) is 0.263. The molecular formula is C19H22N2O3. The van der Waals surface area contributed by atoms with Gasteiger partial charge in [0.05, 0.1) is 0 Å². The van der Waals surface area contributed by atoms with Crippen LogP contribution in [0.25, 0.3) is 0 Å². The lowest BCUT2D eigenvalue weighted by Gasteiger charge is -2.15. The molecule has 0 radical (unpaired) electrons. The molecule has 2 aromatic carbocycles. The minimum atomic E-state index is -0.647. The Morgan fingerprint density at radius 2 is 1.54 bits per heavy atom. The molecule has 2 aromatic rings. The van der Waals surface area contributed by atoms with Crippen LogP contribution in [0.2, 0.25) is 0 Å². The predicted octanol–water partition coefficient (Wildman–Crippen LogP) is 3.31. The van der Waals surface area contributed by atoms with E-state index in [0.29, 0.717) is 22.9 Å². The summed E-state index contributed by atoms with van der Waals surface area (Å²) in [6.07, 6.45) is -0.647. The number of anilines is 1. The average Bonchev–Trinajstić information content (AvgIpc) is 2.55. The number of hydrogen-bond donors (Lipinski definition) is 2. The van der Waals surface area contributed by atoms with Crippen molar-refractivity contribution < 1.29 is 14.3 Å². The first kappa shape index (κ1) is 17.5. The van der Waals surface area contributed by atoms with E-state index in [1.54, 1.807) is 31.2 Å². The van der Waals surface area contributed by atoms with Crippen molar-refractivity contribution in [2.75, 3.05) is 5.32 Å². The Morgan fingerprint density at radius 3 is 2.04 bits per heavy atom. The van der Waals surface area contributed by atoms with Crippen LogP contribution in [0, 0.1) is 0 Å². The number of rotatable bonds is 6. The monoisotopic (exact) mass is 326 g/mol. The summed E-state index contributed by atoms with van der Waals surface area (Å²) in [6.45, 7) is 5.92. The van der Waals surface area contributed by atoms with Crippen LogP contribution in [0.4, 0.5) is 5.69 Å². The Balaban J connectivity index is 1.95. The van der Waals surface area contributed by atoms with Gasteiger partial charge < -0.3 is 15.8 Å². The fourth-order valence-corrected chi connectivity index (χ4v) is 2.15. The highest BCUT2D eigenvalue weighted by Gasteiger charge is 2.15. The largest absolute Gasteiger partial charge is 0.481 e. The maximum Gasteiger partial charge on any atom is 0.265 e. The van der Waals surface area contributed by atoms with E-state index in [0.717, 1.165) is 0 Å². The van der Waals surface area contributed by atoms with Crippen molar-refractivity contribution in [2.45, 2.75) is 32.8 Å². The molecule has 0 spiro atoms. The lowest BCUT2D eigenvalue weighted by atomic mass is 10.0. The van der Waals surface area contributed by atoms with Crippen LogP contribution in [0.15, 0.2) is 48.5 Å². The molecule has 0 aromatic heterocycles. The standard InChI is InChI=1S/C19H22N2O3/c1-12(2)14-6-10-17(11-7-14)24-13(3)19(23)21-16-8-4-15(5-9-16)18(20)22/h4-13H,1-3H3,(H2,20,22)(H,21,23). The zero-order valence-electron chi connectivity index (χ0n) is 14.1. The second kappa shape index (κ2) is 7.64. The van der Waals surface area contributed by atoms with Crippen molar-refractivity contribution >= 4 is 17.5 Å². The highest BCUT2D eigenvalue weighted by Crippen LogP contribution is 2.19. The third-order valence-electron chi connectivity index (χ3n) is 3.67. The Morgan fingerprint density at radius 1 is 0.958 bits per heavy atom. The van der Waals surface area contributed by atoms with E-state index in [1.165, 1.54) is 5.56 Å². The van der Waals surface area contributed by atoms with Gasteiger partial charge >= 0.3 is 0 Å². The summed E-state index contributed by atoms with van der Waals surface area (Å²) < 4.78 is 5.66. The minimum absolute atomic E-state index is 0.269. The molecule has 0 fully saturated rings. The quantitative estimate of drug-likeness (QED) is 0.854. The predicted molar refractivity (Wildman–Crippen MR) is 94.2 cm³/mol. The van der Waals surface area contributed by atoms with E-state index in [1.807, 2.05) is 24.3 Å². The van der Waals surface area contributed by atoms with Gasteiger partial charge in [0.25, 0.3) is 5.91 Å². The fourth-order valence-electron chi connectivity index (χ4n) is 2.15. The van der Waals surface area contributed by atoms with Crippen LogP contribution in [-0.4, -0.2) is 17.9 Å². The van der Waals surface area contributed by atoms with Gasteiger partial charge in [0, 0.05) is 11.3 Å². The van der Waals surface area contributed by atoms with Gasteiger partial charge in [-0.25, -0.2) is 0 Å². The molecule has 3 N–H and O–H groups in total. The average molecular weight is 326 g/mol. The number of carbonyl (C=O) groups excluding carboxylic acids is 2. The molecule has 5 heteroatoms. The molecule has 0 aliphatic rings. The second-order valence-corrected chi connectivity index (χ2v) is 5.91. The van der Waals surface area contributed by atoms with Crippen molar-refractivity contribution in [3.05, 3.63) is 59.7 Å². The molecule has 2 rings (SSSR count). The molecule has 0 bridgehead atoms. The number of primary amides is 1. The topological polar surface area (TPSA) is 81.4 Å². The number of carbonyl (C=O) groups is 2. The van der Waals surface area contributed by atoms with Crippen LogP contribution < -0.4 is 15.8 Å². The van der Waals surface area contributed by atoms with E-state index in [-0.39, 0.29) is 5.91 Å². The maximum atomic E-state index is 12.2. The van der Waals surface area contributed by atoms with Gasteiger partial charge in [-0.2, -0.15) is 0 Å². The number of nitrogens with one attached hydrogen (secondary N) is 1.